The van der Waals surface area contributed by atoms with Crippen molar-refractivity contribution in [1.29, 1.82) is 5.26 Å². The minimum absolute atomic E-state index is 0.294. The number of nitrogens with one attached hydrogen (secondary N) is 2. The van der Waals surface area contributed by atoms with Gasteiger partial charge in [0.15, 0.2) is 0 Å². The summed E-state index contributed by atoms with van der Waals surface area (Å²) in [5, 5.41) is 10.7. The van der Waals surface area contributed by atoms with Crippen LogP contribution in [0.5, 0.6) is 0 Å². The Labute approximate surface area is 239 Å². The quantitative estimate of drug-likeness (QED) is 0.121. The number of H-pyrrole nitrogens is 1. The molecule has 0 aliphatic heterocycles. The van der Waals surface area contributed by atoms with Crippen LogP contribution < -0.4 is 4.72 Å². The van der Waals surface area contributed by atoms with E-state index in [0.29, 0.717) is 24.7 Å². The standard InChI is InChI=1S/C29H39N5O2S2Si/c1-19-15-24(37-5)25(21-11-12-31-26(19)21)27(33-38(35)29(2,3)4)28-32-22-10-9-20(17-30)16-23(22)34(28)18-36-13-14-39(6,7)8/h9-12,15-16,27,31,33H,13-14,18H2,1-8H3. The molecule has 0 bridgehead atoms. The molecule has 2 atom stereocenters. The van der Waals surface area contributed by atoms with E-state index in [2.05, 4.69) is 60.7 Å². The zero-order valence-corrected chi connectivity index (χ0v) is 26.8. The van der Waals surface area contributed by atoms with Crippen LogP contribution in [0.3, 0.4) is 0 Å². The van der Waals surface area contributed by atoms with Crippen molar-refractivity contribution in [2.24, 2.45) is 0 Å². The molecule has 0 aliphatic carbocycles. The highest BCUT2D eigenvalue weighted by atomic mass is 32.2. The van der Waals surface area contributed by atoms with Crippen LogP contribution in [0.25, 0.3) is 21.9 Å². The van der Waals surface area contributed by atoms with Crippen molar-refractivity contribution in [3.63, 3.8) is 0 Å². The van der Waals surface area contributed by atoms with Crippen molar-refractivity contribution in [3.05, 3.63) is 59.0 Å². The van der Waals surface area contributed by atoms with E-state index in [0.717, 1.165) is 44.0 Å². The zero-order chi connectivity index (χ0) is 28.5. The summed E-state index contributed by atoms with van der Waals surface area (Å²) < 4.78 is 24.9. The first-order valence-electron chi connectivity index (χ1n) is 13.1. The normalized spacial score (nSPS) is 14.1. The van der Waals surface area contributed by atoms with E-state index in [9.17, 15) is 9.47 Å². The number of benzene rings is 2. The van der Waals surface area contributed by atoms with Crippen LogP contribution in [-0.4, -0.2) is 44.4 Å². The van der Waals surface area contributed by atoms with E-state index in [4.69, 9.17) is 9.72 Å². The fourth-order valence-electron chi connectivity index (χ4n) is 4.49. The van der Waals surface area contributed by atoms with Gasteiger partial charge in [-0.3, -0.25) is 0 Å². The van der Waals surface area contributed by atoms with Crippen LogP contribution >= 0.6 is 11.8 Å². The number of hydrogen-bond donors (Lipinski definition) is 2. The Morgan fingerprint density at radius 3 is 2.64 bits per heavy atom. The predicted octanol–water partition coefficient (Wildman–Crippen LogP) is 6.87. The Balaban J connectivity index is 1.95. The third kappa shape index (κ3) is 6.50. The maximum atomic E-state index is 13.6. The number of nitrogens with zero attached hydrogens (tertiary/aromatic N) is 3. The number of aromatic amines is 1. The molecule has 0 radical (unpaired) electrons. The van der Waals surface area contributed by atoms with Gasteiger partial charge in [-0.25, -0.2) is 13.9 Å². The molecule has 208 valence electrons. The van der Waals surface area contributed by atoms with Crippen LogP contribution in [0.4, 0.5) is 0 Å². The fourth-order valence-corrected chi connectivity index (χ4v) is 6.78. The highest BCUT2D eigenvalue weighted by Gasteiger charge is 2.32. The van der Waals surface area contributed by atoms with Crippen molar-refractivity contribution < 1.29 is 8.95 Å². The van der Waals surface area contributed by atoms with Crippen LogP contribution in [0.2, 0.25) is 25.7 Å². The first kappa shape index (κ1) is 29.6. The number of fused-ring (bicyclic) bond motifs is 2. The lowest BCUT2D eigenvalue weighted by molar-refractivity contribution is 0.0873. The summed E-state index contributed by atoms with van der Waals surface area (Å²) >= 11 is 1.67. The van der Waals surface area contributed by atoms with Gasteiger partial charge < -0.3 is 14.3 Å². The van der Waals surface area contributed by atoms with Crippen molar-refractivity contribution in [2.75, 3.05) is 12.9 Å². The van der Waals surface area contributed by atoms with Gasteiger partial charge >= 0.3 is 0 Å². The summed E-state index contributed by atoms with van der Waals surface area (Å²) in [7, 11) is -2.65. The van der Waals surface area contributed by atoms with E-state index in [1.165, 1.54) is 0 Å². The maximum absolute atomic E-state index is 13.6. The second-order valence-electron chi connectivity index (χ2n) is 12.1. The van der Waals surface area contributed by atoms with Gasteiger partial charge in [0, 0.05) is 42.2 Å². The van der Waals surface area contributed by atoms with Gasteiger partial charge in [0.25, 0.3) is 0 Å². The number of aryl methyl sites for hydroxylation is 1. The molecular formula is C29H39N5O2S2Si. The lowest BCUT2D eigenvalue weighted by atomic mass is 9.99. The third-order valence-corrected chi connectivity index (χ3v) is 10.8. The zero-order valence-electron chi connectivity index (χ0n) is 24.1. The van der Waals surface area contributed by atoms with Crippen LogP contribution in [0.15, 0.2) is 41.4 Å². The van der Waals surface area contributed by atoms with Gasteiger partial charge in [0.2, 0.25) is 0 Å². The summed E-state index contributed by atoms with van der Waals surface area (Å²) in [6.45, 7) is 15.9. The number of rotatable bonds is 10. The van der Waals surface area contributed by atoms with Crippen molar-refractivity contribution >= 4 is 52.8 Å². The van der Waals surface area contributed by atoms with Crippen molar-refractivity contribution in [3.8, 4) is 6.07 Å². The summed E-state index contributed by atoms with van der Waals surface area (Å²) in [4.78, 5) is 9.56. The Kier molecular flexibility index (Phi) is 8.78. The van der Waals surface area contributed by atoms with E-state index < -0.39 is 29.8 Å². The molecule has 2 unspecified atom stereocenters. The number of imidazole rings is 1. The smallest absolute Gasteiger partial charge is 0.134 e. The molecule has 2 aromatic carbocycles. The first-order chi connectivity index (χ1) is 18.3. The molecule has 7 nitrogen and oxygen atoms in total. The average Bonchev–Trinajstić information content (AvgIpc) is 3.49. The van der Waals surface area contributed by atoms with Crippen molar-refractivity contribution in [1.82, 2.24) is 19.3 Å². The second-order valence-corrected chi connectivity index (χ2v) is 20.5. The third-order valence-electron chi connectivity index (χ3n) is 6.72. The van der Waals surface area contributed by atoms with E-state index in [1.54, 1.807) is 17.8 Å². The number of hydrogen-bond acceptors (Lipinski definition) is 5. The monoisotopic (exact) mass is 581 g/mol. The van der Waals surface area contributed by atoms with Crippen LogP contribution in [0.1, 0.15) is 49.3 Å². The molecule has 0 fully saturated rings. The summed E-state index contributed by atoms with van der Waals surface area (Å²) in [5.74, 6) is 0.715. The average molecular weight is 582 g/mol. The van der Waals surface area contributed by atoms with E-state index in [1.807, 2.05) is 43.7 Å². The summed E-state index contributed by atoms with van der Waals surface area (Å²) in [6.07, 6.45) is 4.01. The Hall–Kier alpha value is -2.42. The molecular weight excluding hydrogens is 543 g/mol. The highest BCUT2D eigenvalue weighted by Crippen LogP contribution is 2.39. The molecule has 0 saturated carbocycles. The van der Waals surface area contributed by atoms with Gasteiger partial charge in [-0.2, -0.15) is 5.26 Å². The van der Waals surface area contributed by atoms with Crippen LogP contribution in [-0.2, 0) is 22.5 Å². The minimum Gasteiger partial charge on any atom is -0.361 e. The SMILES string of the molecule is CSc1cc(C)c2[nH]ccc2c1C(NS(=O)C(C)(C)C)c1nc2ccc(C#N)cc2n1COCC[Si](C)(C)C. The number of aromatic nitrogens is 3. The largest absolute Gasteiger partial charge is 0.361 e. The van der Waals surface area contributed by atoms with Gasteiger partial charge in [0.1, 0.15) is 18.6 Å². The molecule has 2 N–H and O–H groups in total. The lowest BCUT2D eigenvalue weighted by Crippen LogP contribution is -2.37. The highest BCUT2D eigenvalue weighted by molar-refractivity contribution is 7.98. The molecule has 2 aromatic heterocycles. The maximum Gasteiger partial charge on any atom is 0.134 e. The van der Waals surface area contributed by atoms with Gasteiger partial charge in [0.05, 0.1) is 38.4 Å². The molecule has 0 spiro atoms. The predicted molar refractivity (Wildman–Crippen MR) is 166 cm³/mol. The first-order valence-corrected chi connectivity index (χ1v) is 19.2. The molecule has 10 heteroatoms. The molecule has 0 saturated heterocycles. The van der Waals surface area contributed by atoms with E-state index in [-0.39, 0.29) is 0 Å². The number of nitriles is 1. The number of ether oxygens (including phenoxy) is 1. The second kappa shape index (κ2) is 11.6. The Morgan fingerprint density at radius 2 is 2.00 bits per heavy atom. The molecule has 2 heterocycles. The van der Waals surface area contributed by atoms with Crippen LogP contribution in [0, 0.1) is 18.3 Å². The summed E-state index contributed by atoms with van der Waals surface area (Å²) in [5.41, 5.74) is 5.40. The van der Waals surface area contributed by atoms with Gasteiger partial charge in [-0.15, -0.1) is 11.8 Å². The molecule has 0 amide bonds. The molecule has 39 heavy (non-hydrogen) atoms. The van der Waals surface area contributed by atoms with Gasteiger partial charge in [-0.05, 0) is 75.9 Å². The molecule has 4 aromatic rings. The summed E-state index contributed by atoms with van der Waals surface area (Å²) in [6, 6.07) is 12.6. The molecule has 0 aliphatic rings. The molecule has 4 rings (SSSR count). The number of thioether (sulfide) groups is 1. The van der Waals surface area contributed by atoms with E-state index >= 15 is 0 Å². The minimum atomic E-state index is -1.38. The van der Waals surface area contributed by atoms with Crippen molar-refractivity contribution in [2.45, 2.75) is 75.8 Å². The Bertz CT molecular complexity index is 1560. The Morgan fingerprint density at radius 1 is 1.26 bits per heavy atom. The van der Waals surface area contributed by atoms with Gasteiger partial charge in [-0.1, -0.05) is 19.6 Å². The fraction of sp³-hybridized carbons (Fsp3) is 0.448. The lowest BCUT2D eigenvalue weighted by Gasteiger charge is -2.27. The topological polar surface area (TPSA) is 95.7 Å².